The molecule has 1 fully saturated rings. The molecule has 1 aromatic heterocycles. The summed E-state index contributed by atoms with van der Waals surface area (Å²) in [7, 11) is 0. The molecule has 1 atom stereocenters. The normalized spacial score (nSPS) is 24.0. The Kier molecular flexibility index (Phi) is 2.84. The van der Waals surface area contributed by atoms with Crippen LogP contribution in [0.25, 0.3) is 0 Å². The Balaban J connectivity index is 1.90. The average molecular weight is 195 g/mol. The van der Waals surface area contributed by atoms with Crippen LogP contribution in [0.3, 0.4) is 0 Å². The molecule has 14 heavy (non-hydrogen) atoms. The summed E-state index contributed by atoms with van der Waals surface area (Å²) in [4.78, 5) is 2.39. The standard InChI is InChI=1S/C10H17N3O/c1-8-5-10(14-12-8)7-13-4-3-11-9(2)6-13/h5,9,11H,3-4,6-7H2,1-2H3. The molecule has 0 spiro atoms. The molecule has 1 unspecified atom stereocenters. The summed E-state index contributed by atoms with van der Waals surface area (Å²) in [6.45, 7) is 8.27. The summed E-state index contributed by atoms with van der Waals surface area (Å²) >= 11 is 0. The van der Waals surface area contributed by atoms with Crippen LogP contribution in [0.15, 0.2) is 10.6 Å². The van der Waals surface area contributed by atoms with Gasteiger partial charge in [0, 0.05) is 31.7 Å². The lowest BCUT2D eigenvalue weighted by Gasteiger charge is -2.30. The summed E-state index contributed by atoms with van der Waals surface area (Å²) < 4.78 is 5.19. The van der Waals surface area contributed by atoms with Gasteiger partial charge in [-0.05, 0) is 13.8 Å². The molecule has 2 rings (SSSR count). The SMILES string of the molecule is Cc1cc(CN2CCNC(C)C2)on1. The van der Waals surface area contributed by atoms with E-state index in [0.29, 0.717) is 6.04 Å². The molecule has 0 aromatic carbocycles. The molecule has 4 heteroatoms. The minimum Gasteiger partial charge on any atom is -0.360 e. The van der Waals surface area contributed by atoms with Gasteiger partial charge in [0.05, 0.1) is 12.2 Å². The Bertz CT molecular complexity index is 297. The van der Waals surface area contributed by atoms with Gasteiger partial charge in [-0.3, -0.25) is 4.90 Å². The van der Waals surface area contributed by atoms with Crippen molar-refractivity contribution in [2.45, 2.75) is 26.4 Å². The van der Waals surface area contributed by atoms with E-state index >= 15 is 0 Å². The minimum atomic E-state index is 0.577. The zero-order chi connectivity index (χ0) is 9.97. The van der Waals surface area contributed by atoms with Crippen LogP contribution >= 0.6 is 0 Å². The van der Waals surface area contributed by atoms with Gasteiger partial charge in [0.15, 0.2) is 5.76 Å². The second-order valence-electron chi connectivity index (χ2n) is 4.02. The predicted octanol–water partition coefficient (Wildman–Crippen LogP) is 0.777. The molecule has 1 N–H and O–H groups in total. The molecular formula is C10H17N3O. The van der Waals surface area contributed by atoms with Crippen molar-refractivity contribution in [3.8, 4) is 0 Å². The van der Waals surface area contributed by atoms with Crippen LogP contribution < -0.4 is 5.32 Å². The molecule has 1 aromatic rings. The number of nitrogens with zero attached hydrogens (tertiary/aromatic N) is 2. The van der Waals surface area contributed by atoms with E-state index in [1.54, 1.807) is 0 Å². The van der Waals surface area contributed by atoms with Gasteiger partial charge in [0.25, 0.3) is 0 Å². The molecule has 1 aliphatic heterocycles. The van der Waals surface area contributed by atoms with E-state index in [1.165, 1.54) is 0 Å². The first-order valence-corrected chi connectivity index (χ1v) is 5.12. The Labute approximate surface area is 84.3 Å². The zero-order valence-electron chi connectivity index (χ0n) is 8.79. The average Bonchev–Trinajstić information content (AvgIpc) is 2.51. The number of aromatic nitrogens is 1. The topological polar surface area (TPSA) is 41.3 Å². The van der Waals surface area contributed by atoms with Gasteiger partial charge in [-0.2, -0.15) is 0 Å². The van der Waals surface area contributed by atoms with Gasteiger partial charge in [-0.25, -0.2) is 0 Å². The highest BCUT2D eigenvalue weighted by Crippen LogP contribution is 2.08. The lowest BCUT2D eigenvalue weighted by atomic mass is 10.2. The van der Waals surface area contributed by atoms with Crippen LogP contribution in [-0.4, -0.2) is 35.7 Å². The number of piperazine rings is 1. The number of hydrogen-bond donors (Lipinski definition) is 1. The molecule has 0 radical (unpaired) electrons. The summed E-state index contributed by atoms with van der Waals surface area (Å²) in [5.74, 6) is 0.969. The fourth-order valence-electron chi connectivity index (χ4n) is 1.87. The largest absolute Gasteiger partial charge is 0.360 e. The lowest BCUT2D eigenvalue weighted by molar-refractivity contribution is 0.180. The maximum absolute atomic E-state index is 5.19. The molecular weight excluding hydrogens is 178 g/mol. The van der Waals surface area contributed by atoms with E-state index in [4.69, 9.17) is 4.52 Å². The molecule has 2 heterocycles. The van der Waals surface area contributed by atoms with Gasteiger partial charge in [-0.1, -0.05) is 5.16 Å². The first-order chi connectivity index (χ1) is 6.74. The van der Waals surface area contributed by atoms with Gasteiger partial charge in [-0.15, -0.1) is 0 Å². The third-order valence-electron chi connectivity index (χ3n) is 2.51. The number of nitrogens with one attached hydrogen (secondary N) is 1. The Morgan fingerprint density at radius 3 is 3.21 bits per heavy atom. The van der Waals surface area contributed by atoms with Crippen LogP contribution in [0.5, 0.6) is 0 Å². The monoisotopic (exact) mass is 195 g/mol. The maximum Gasteiger partial charge on any atom is 0.150 e. The highest BCUT2D eigenvalue weighted by molar-refractivity contribution is 5.03. The Morgan fingerprint density at radius 2 is 2.57 bits per heavy atom. The van der Waals surface area contributed by atoms with Crippen molar-refractivity contribution in [1.82, 2.24) is 15.4 Å². The molecule has 0 bridgehead atoms. The number of aryl methyl sites for hydroxylation is 1. The van der Waals surface area contributed by atoms with Crippen LogP contribution in [0.1, 0.15) is 18.4 Å². The van der Waals surface area contributed by atoms with Crippen molar-refractivity contribution in [2.75, 3.05) is 19.6 Å². The summed E-state index contributed by atoms with van der Waals surface area (Å²) in [6, 6.07) is 2.58. The van der Waals surface area contributed by atoms with Crippen LogP contribution in [-0.2, 0) is 6.54 Å². The number of rotatable bonds is 2. The van der Waals surface area contributed by atoms with Crippen LogP contribution in [0.2, 0.25) is 0 Å². The van der Waals surface area contributed by atoms with E-state index in [9.17, 15) is 0 Å². The summed E-state index contributed by atoms with van der Waals surface area (Å²) in [6.07, 6.45) is 0. The zero-order valence-corrected chi connectivity index (χ0v) is 8.79. The van der Waals surface area contributed by atoms with E-state index in [2.05, 4.69) is 22.3 Å². The lowest BCUT2D eigenvalue weighted by Crippen LogP contribution is -2.48. The van der Waals surface area contributed by atoms with Crippen LogP contribution in [0.4, 0.5) is 0 Å². The smallest absolute Gasteiger partial charge is 0.150 e. The minimum absolute atomic E-state index is 0.577. The third-order valence-corrected chi connectivity index (χ3v) is 2.51. The fourth-order valence-corrected chi connectivity index (χ4v) is 1.87. The highest BCUT2D eigenvalue weighted by atomic mass is 16.5. The van der Waals surface area contributed by atoms with Crippen molar-refractivity contribution < 1.29 is 4.52 Å². The van der Waals surface area contributed by atoms with Crippen molar-refractivity contribution >= 4 is 0 Å². The second kappa shape index (κ2) is 4.11. The Hall–Kier alpha value is -0.870. The first-order valence-electron chi connectivity index (χ1n) is 5.12. The molecule has 0 saturated carbocycles. The maximum atomic E-state index is 5.19. The molecule has 0 aliphatic carbocycles. The van der Waals surface area contributed by atoms with Gasteiger partial charge >= 0.3 is 0 Å². The van der Waals surface area contributed by atoms with Crippen molar-refractivity contribution in [3.05, 3.63) is 17.5 Å². The van der Waals surface area contributed by atoms with Gasteiger partial charge in [0.2, 0.25) is 0 Å². The summed E-state index contributed by atoms with van der Waals surface area (Å²) in [5, 5.41) is 7.30. The van der Waals surface area contributed by atoms with Gasteiger partial charge < -0.3 is 9.84 Å². The Morgan fingerprint density at radius 1 is 1.71 bits per heavy atom. The molecule has 1 aliphatic rings. The van der Waals surface area contributed by atoms with E-state index < -0.39 is 0 Å². The molecule has 1 saturated heterocycles. The molecule has 78 valence electrons. The fraction of sp³-hybridized carbons (Fsp3) is 0.700. The van der Waals surface area contributed by atoms with E-state index in [0.717, 1.165) is 37.6 Å². The predicted molar refractivity (Wildman–Crippen MR) is 54.0 cm³/mol. The summed E-state index contributed by atoms with van der Waals surface area (Å²) in [5.41, 5.74) is 0.961. The second-order valence-corrected chi connectivity index (χ2v) is 4.02. The quantitative estimate of drug-likeness (QED) is 0.757. The molecule has 0 amide bonds. The number of hydrogen-bond acceptors (Lipinski definition) is 4. The van der Waals surface area contributed by atoms with E-state index in [-0.39, 0.29) is 0 Å². The third kappa shape index (κ3) is 2.33. The van der Waals surface area contributed by atoms with Crippen molar-refractivity contribution in [2.24, 2.45) is 0 Å². The molecule has 4 nitrogen and oxygen atoms in total. The van der Waals surface area contributed by atoms with Crippen molar-refractivity contribution in [1.29, 1.82) is 0 Å². The first kappa shape index (κ1) is 9.68. The van der Waals surface area contributed by atoms with E-state index in [1.807, 2.05) is 13.0 Å². The highest BCUT2D eigenvalue weighted by Gasteiger charge is 2.16. The van der Waals surface area contributed by atoms with Crippen molar-refractivity contribution in [3.63, 3.8) is 0 Å². The van der Waals surface area contributed by atoms with Crippen LogP contribution in [0, 0.1) is 6.92 Å². The van der Waals surface area contributed by atoms with Gasteiger partial charge in [0.1, 0.15) is 0 Å².